The Morgan fingerprint density at radius 1 is 1.22 bits per heavy atom. The molecule has 0 aliphatic rings. The molecule has 4 nitrogen and oxygen atoms in total. The van der Waals surface area contributed by atoms with E-state index in [0.717, 1.165) is 11.4 Å². The third-order valence-electron chi connectivity index (χ3n) is 2.58. The fourth-order valence-electron chi connectivity index (χ4n) is 1.66. The highest BCUT2D eigenvalue weighted by Gasteiger charge is 2.08. The number of pyridine rings is 1. The van der Waals surface area contributed by atoms with Crippen molar-refractivity contribution in [2.75, 3.05) is 5.32 Å². The number of phenolic OH excluding ortho intramolecular Hbond substituents is 1. The molecule has 1 aromatic carbocycles. The largest absolute Gasteiger partial charge is 0.508 e. The fraction of sp³-hybridized carbons (Fsp3) is 0.143. The van der Waals surface area contributed by atoms with E-state index in [9.17, 15) is 9.90 Å². The molecule has 0 spiro atoms. The summed E-state index contributed by atoms with van der Waals surface area (Å²) in [7, 11) is 0. The summed E-state index contributed by atoms with van der Waals surface area (Å²) in [5.41, 5.74) is 2.76. The summed E-state index contributed by atoms with van der Waals surface area (Å²) in [5, 5.41) is 12.1. The van der Waals surface area contributed by atoms with Gasteiger partial charge in [-0.15, -0.1) is 0 Å². The topological polar surface area (TPSA) is 62.2 Å². The molecule has 0 bridgehead atoms. The van der Waals surface area contributed by atoms with Gasteiger partial charge in [0, 0.05) is 11.3 Å². The fourth-order valence-corrected chi connectivity index (χ4v) is 1.66. The van der Waals surface area contributed by atoms with Crippen molar-refractivity contribution >= 4 is 11.6 Å². The molecule has 0 fully saturated rings. The van der Waals surface area contributed by atoms with Crippen molar-refractivity contribution in [3.8, 4) is 5.75 Å². The number of carbonyl (C=O) groups is 1. The zero-order chi connectivity index (χ0) is 13.1. The smallest absolute Gasteiger partial charge is 0.255 e. The predicted molar refractivity (Wildman–Crippen MR) is 69.8 cm³/mol. The van der Waals surface area contributed by atoms with Gasteiger partial charge in [-0.2, -0.15) is 0 Å². The molecule has 1 heterocycles. The van der Waals surface area contributed by atoms with Gasteiger partial charge in [0.05, 0.1) is 11.4 Å². The molecule has 18 heavy (non-hydrogen) atoms. The molecule has 0 radical (unpaired) electrons. The Morgan fingerprint density at radius 3 is 2.67 bits per heavy atom. The van der Waals surface area contributed by atoms with E-state index in [0.29, 0.717) is 11.3 Å². The van der Waals surface area contributed by atoms with Crippen LogP contribution in [0.25, 0.3) is 0 Å². The Morgan fingerprint density at radius 2 is 2.00 bits per heavy atom. The number of phenols is 1. The minimum Gasteiger partial charge on any atom is -0.508 e. The molecule has 0 saturated carbocycles. The summed E-state index contributed by atoms with van der Waals surface area (Å²) in [5.74, 6) is -0.193. The maximum absolute atomic E-state index is 12.0. The molecule has 0 unspecified atom stereocenters. The van der Waals surface area contributed by atoms with Crippen LogP contribution in [0.3, 0.4) is 0 Å². The molecular formula is C14H14N2O2. The third kappa shape index (κ3) is 2.66. The second-order valence-electron chi connectivity index (χ2n) is 4.09. The second-order valence-corrected chi connectivity index (χ2v) is 4.09. The quantitative estimate of drug-likeness (QED) is 0.851. The van der Waals surface area contributed by atoms with E-state index in [-0.39, 0.29) is 11.7 Å². The third-order valence-corrected chi connectivity index (χ3v) is 2.58. The lowest BCUT2D eigenvalue weighted by Gasteiger charge is -2.08. The van der Waals surface area contributed by atoms with E-state index in [2.05, 4.69) is 10.3 Å². The maximum atomic E-state index is 12.0. The first-order valence-corrected chi connectivity index (χ1v) is 5.61. The van der Waals surface area contributed by atoms with Crippen molar-refractivity contribution in [2.45, 2.75) is 13.8 Å². The van der Waals surface area contributed by atoms with Crippen LogP contribution in [0, 0.1) is 13.8 Å². The molecule has 2 rings (SSSR count). The standard InChI is InChI=1S/C14H14N2O2/c1-9-6-7-13(10(2)15-9)16-14(18)11-4-3-5-12(17)8-11/h3-8,17H,1-2H3,(H,16,18). The van der Waals surface area contributed by atoms with Crippen molar-refractivity contribution in [3.05, 3.63) is 53.3 Å². The van der Waals surface area contributed by atoms with Crippen LogP contribution < -0.4 is 5.32 Å². The molecular weight excluding hydrogens is 228 g/mol. The van der Waals surface area contributed by atoms with E-state index >= 15 is 0 Å². The summed E-state index contributed by atoms with van der Waals surface area (Å²) in [6.45, 7) is 3.74. The van der Waals surface area contributed by atoms with Gasteiger partial charge in [0.25, 0.3) is 5.91 Å². The van der Waals surface area contributed by atoms with Gasteiger partial charge < -0.3 is 10.4 Å². The predicted octanol–water partition coefficient (Wildman–Crippen LogP) is 2.66. The average molecular weight is 242 g/mol. The Bertz CT molecular complexity index is 594. The zero-order valence-corrected chi connectivity index (χ0v) is 10.3. The number of anilines is 1. The Labute approximate surface area is 105 Å². The first-order chi connectivity index (χ1) is 8.56. The molecule has 0 aliphatic carbocycles. The Kier molecular flexibility index (Phi) is 3.28. The van der Waals surface area contributed by atoms with E-state index in [1.807, 2.05) is 26.0 Å². The van der Waals surface area contributed by atoms with Crippen molar-refractivity contribution in [1.82, 2.24) is 4.98 Å². The molecule has 4 heteroatoms. The SMILES string of the molecule is Cc1ccc(NC(=O)c2cccc(O)c2)c(C)n1. The first-order valence-electron chi connectivity index (χ1n) is 5.61. The van der Waals surface area contributed by atoms with Crippen LogP contribution in [0.4, 0.5) is 5.69 Å². The molecule has 1 amide bonds. The van der Waals surface area contributed by atoms with Crippen LogP contribution in [-0.2, 0) is 0 Å². The molecule has 1 aromatic heterocycles. The van der Waals surface area contributed by atoms with Gasteiger partial charge in [0.1, 0.15) is 5.75 Å². The lowest BCUT2D eigenvalue weighted by Crippen LogP contribution is -2.13. The monoisotopic (exact) mass is 242 g/mol. The Balaban J connectivity index is 2.21. The molecule has 0 saturated heterocycles. The van der Waals surface area contributed by atoms with Gasteiger partial charge >= 0.3 is 0 Å². The summed E-state index contributed by atoms with van der Waals surface area (Å²) in [6.07, 6.45) is 0. The number of hydrogen-bond donors (Lipinski definition) is 2. The zero-order valence-electron chi connectivity index (χ0n) is 10.3. The highest BCUT2D eigenvalue weighted by atomic mass is 16.3. The number of carbonyl (C=O) groups excluding carboxylic acids is 1. The lowest BCUT2D eigenvalue weighted by atomic mass is 10.2. The van der Waals surface area contributed by atoms with E-state index in [4.69, 9.17) is 0 Å². The number of aromatic nitrogens is 1. The minimum atomic E-state index is -0.264. The van der Waals surface area contributed by atoms with Crippen molar-refractivity contribution in [1.29, 1.82) is 0 Å². The molecule has 0 atom stereocenters. The molecule has 92 valence electrons. The van der Waals surface area contributed by atoms with Crippen LogP contribution in [0.15, 0.2) is 36.4 Å². The first kappa shape index (κ1) is 12.1. The van der Waals surface area contributed by atoms with Crippen LogP contribution in [0.5, 0.6) is 5.75 Å². The van der Waals surface area contributed by atoms with Gasteiger partial charge in [0.15, 0.2) is 0 Å². The Hall–Kier alpha value is -2.36. The second kappa shape index (κ2) is 4.87. The van der Waals surface area contributed by atoms with Gasteiger partial charge in [-0.05, 0) is 44.2 Å². The van der Waals surface area contributed by atoms with Gasteiger partial charge in [0.2, 0.25) is 0 Å². The van der Waals surface area contributed by atoms with Gasteiger partial charge in [-0.25, -0.2) is 0 Å². The van der Waals surface area contributed by atoms with Crippen LogP contribution in [0.1, 0.15) is 21.7 Å². The molecule has 2 aromatic rings. The highest BCUT2D eigenvalue weighted by molar-refractivity contribution is 6.04. The summed E-state index contributed by atoms with van der Waals surface area (Å²) < 4.78 is 0. The summed E-state index contributed by atoms with van der Waals surface area (Å²) >= 11 is 0. The minimum absolute atomic E-state index is 0.0707. The number of amides is 1. The lowest BCUT2D eigenvalue weighted by molar-refractivity contribution is 0.102. The van der Waals surface area contributed by atoms with Gasteiger partial charge in [-0.1, -0.05) is 6.07 Å². The number of aryl methyl sites for hydroxylation is 2. The average Bonchev–Trinajstić information content (AvgIpc) is 2.32. The molecule has 0 aliphatic heterocycles. The molecule has 2 N–H and O–H groups in total. The number of rotatable bonds is 2. The maximum Gasteiger partial charge on any atom is 0.255 e. The van der Waals surface area contributed by atoms with Gasteiger partial charge in [-0.3, -0.25) is 9.78 Å². The van der Waals surface area contributed by atoms with Crippen LogP contribution in [-0.4, -0.2) is 16.0 Å². The normalized spacial score (nSPS) is 10.1. The van der Waals surface area contributed by atoms with Crippen LogP contribution >= 0.6 is 0 Å². The summed E-state index contributed by atoms with van der Waals surface area (Å²) in [4.78, 5) is 16.2. The number of benzene rings is 1. The number of aromatic hydroxyl groups is 1. The van der Waals surface area contributed by atoms with Crippen molar-refractivity contribution in [2.24, 2.45) is 0 Å². The van der Waals surface area contributed by atoms with Crippen LogP contribution in [0.2, 0.25) is 0 Å². The number of hydrogen-bond acceptors (Lipinski definition) is 3. The van der Waals surface area contributed by atoms with Crippen molar-refractivity contribution < 1.29 is 9.90 Å². The number of nitrogens with zero attached hydrogens (tertiary/aromatic N) is 1. The summed E-state index contributed by atoms with van der Waals surface area (Å²) in [6, 6.07) is 9.88. The van der Waals surface area contributed by atoms with E-state index in [1.54, 1.807) is 12.1 Å². The number of nitrogens with one attached hydrogen (secondary N) is 1. The van der Waals surface area contributed by atoms with Crippen molar-refractivity contribution in [3.63, 3.8) is 0 Å². The van der Waals surface area contributed by atoms with E-state index in [1.165, 1.54) is 12.1 Å². The highest BCUT2D eigenvalue weighted by Crippen LogP contribution is 2.16. The van der Waals surface area contributed by atoms with E-state index < -0.39 is 0 Å².